The maximum Gasteiger partial charge on any atom is 0.227 e. The third-order valence-electron chi connectivity index (χ3n) is 5.89. The number of benzene rings is 3. The van der Waals surface area contributed by atoms with Crippen molar-refractivity contribution in [2.75, 3.05) is 18.4 Å². The molecule has 1 N–H and O–H groups in total. The Hall–Kier alpha value is -2.37. The minimum absolute atomic E-state index is 0.0800. The minimum atomic E-state index is -0.178. The number of ketones is 1. The van der Waals surface area contributed by atoms with Gasteiger partial charge in [-0.25, -0.2) is 0 Å². The number of hydrogen-bond donors (Lipinski definition) is 1. The number of anilines is 1. The molecule has 7 heteroatoms. The van der Waals surface area contributed by atoms with E-state index < -0.39 is 0 Å². The van der Waals surface area contributed by atoms with Crippen molar-refractivity contribution < 1.29 is 9.59 Å². The predicted molar refractivity (Wildman–Crippen MR) is 134 cm³/mol. The molecule has 33 heavy (non-hydrogen) atoms. The number of halogens is 3. The monoisotopic (exact) mass is 500 g/mol. The smallest absolute Gasteiger partial charge is 0.227 e. The van der Waals surface area contributed by atoms with Crippen molar-refractivity contribution in [2.24, 2.45) is 5.92 Å². The number of likely N-dealkylation sites (tertiary alicyclic amines) is 1. The van der Waals surface area contributed by atoms with E-state index >= 15 is 0 Å². The van der Waals surface area contributed by atoms with Crippen molar-refractivity contribution in [1.29, 1.82) is 0 Å². The third kappa shape index (κ3) is 5.96. The standard InChI is InChI=1S/C26H23Cl3N2O2/c27-20-8-9-24(22(14-20)25(32)17-4-2-1-3-5-17)30-26(33)18-10-12-31(13-11-18)16-19-6-7-21(28)15-23(19)29/h1-9,14-15,18H,10-13,16H2,(H,30,33). The Bertz CT molecular complexity index is 1160. The van der Waals surface area contributed by atoms with Crippen LogP contribution in [0.25, 0.3) is 0 Å². The highest BCUT2D eigenvalue weighted by Gasteiger charge is 2.26. The molecule has 170 valence electrons. The van der Waals surface area contributed by atoms with E-state index in [-0.39, 0.29) is 17.6 Å². The van der Waals surface area contributed by atoms with Crippen LogP contribution in [0.15, 0.2) is 66.7 Å². The Kier molecular flexibility index (Phi) is 7.71. The van der Waals surface area contributed by atoms with Crippen LogP contribution in [-0.4, -0.2) is 29.7 Å². The number of rotatable bonds is 6. The van der Waals surface area contributed by atoms with E-state index in [1.165, 1.54) is 0 Å². The molecule has 1 aliphatic heterocycles. The Balaban J connectivity index is 1.40. The maximum atomic E-state index is 13.0. The van der Waals surface area contributed by atoms with Gasteiger partial charge in [-0.2, -0.15) is 0 Å². The number of piperidine rings is 1. The quantitative estimate of drug-likeness (QED) is 0.381. The fourth-order valence-electron chi connectivity index (χ4n) is 4.04. The van der Waals surface area contributed by atoms with Crippen molar-refractivity contribution in [3.05, 3.63) is 98.5 Å². The molecule has 0 atom stereocenters. The van der Waals surface area contributed by atoms with Gasteiger partial charge in [0.2, 0.25) is 5.91 Å². The van der Waals surface area contributed by atoms with Crippen molar-refractivity contribution in [2.45, 2.75) is 19.4 Å². The summed E-state index contributed by atoms with van der Waals surface area (Å²) in [5.74, 6) is -0.385. The summed E-state index contributed by atoms with van der Waals surface area (Å²) in [6.45, 7) is 2.29. The molecule has 3 aromatic carbocycles. The second-order valence-corrected chi connectivity index (χ2v) is 9.44. The molecule has 0 radical (unpaired) electrons. The highest BCUT2D eigenvalue weighted by molar-refractivity contribution is 6.35. The Labute approximate surface area is 208 Å². The van der Waals surface area contributed by atoms with Gasteiger partial charge in [0.1, 0.15) is 0 Å². The van der Waals surface area contributed by atoms with E-state index in [0.717, 1.165) is 38.0 Å². The van der Waals surface area contributed by atoms with Gasteiger partial charge in [0, 0.05) is 38.7 Å². The SMILES string of the molecule is O=C(c1ccccc1)c1cc(Cl)ccc1NC(=O)C1CCN(Cc2ccc(Cl)cc2Cl)CC1. The molecule has 0 bridgehead atoms. The van der Waals surface area contributed by atoms with Crippen LogP contribution in [0.1, 0.15) is 34.3 Å². The highest BCUT2D eigenvalue weighted by Crippen LogP contribution is 2.28. The predicted octanol–water partition coefficient (Wildman–Crippen LogP) is 6.73. The molecule has 0 unspecified atom stereocenters. The first-order valence-electron chi connectivity index (χ1n) is 10.8. The molecule has 0 aliphatic carbocycles. The molecule has 0 saturated carbocycles. The summed E-state index contributed by atoms with van der Waals surface area (Å²) in [6, 6.07) is 19.5. The minimum Gasteiger partial charge on any atom is -0.325 e. The summed E-state index contributed by atoms with van der Waals surface area (Å²) in [7, 11) is 0. The molecular formula is C26H23Cl3N2O2. The second kappa shape index (κ2) is 10.7. The number of hydrogen-bond acceptors (Lipinski definition) is 3. The zero-order valence-electron chi connectivity index (χ0n) is 17.9. The van der Waals surface area contributed by atoms with Gasteiger partial charge in [0.05, 0.1) is 5.69 Å². The Morgan fingerprint density at radius 3 is 2.24 bits per heavy atom. The first-order chi connectivity index (χ1) is 15.9. The first-order valence-corrected chi connectivity index (χ1v) is 11.9. The summed E-state index contributed by atoms with van der Waals surface area (Å²) in [5.41, 5.74) is 2.43. The molecule has 1 amide bonds. The molecule has 1 aliphatic rings. The van der Waals surface area contributed by atoms with Crippen LogP contribution < -0.4 is 5.32 Å². The highest BCUT2D eigenvalue weighted by atomic mass is 35.5. The lowest BCUT2D eigenvalue weighted by Crippen LogP contribution is -2.38. The van der Waals surface area contributed by atoms with E-state index in [0.29, 0.717) is 31.9 Å². The van der Waals surface area contributed by atoms with Gasteiger partial charge in [-0.1, -0.05) is 71.2 Å². The van der Waals surface area contributed by atoms with Gasteiger partial charge in [0.15, 0.2) is 5.78 Å². The zero-order chi connectivity index (χ0) is 23.4. The molecule has 3 aromatic rings. The van der Waals surface area contributed by atoms with Gasteiger partial charge in [-0.15, -0.1) is 0 Å². The van der Waals surface area contributed by atoms with Crippen LogP contribution in [0, 0.1) is 5.92 Å². The van der Waals surface area contributed by atoms with Crippen LogP contribution in [0.2, 0.25) is 15.1 Å². The van der Waals surface area contributed by atoms with E-state index in [4.69, 9.17) is 34.8 Å². The zero-order valence-corrected chi connectivity index (χ0v) is 20.1. The summed E-state index contributed by atoms with van der Waals surface area (Å²) in [4.78, 5) is 28.3. The lowest BCUT2D eigenvalue weighted by molar-refractivity contribution is -0.121. The largest absolute Gasteiger partial charge is 0.325 e. The number of amides is 1. The van der Waals surface area contributed by atoms with Crippen LogP contribution in [0.5, 0.6) is 0 Å². The lowest BCUT2D eigenvalue weighted by atomic mass is 9.95. The molecule has 4 nitrogen and oxygen atoms in total. The van der Waals surface area contributed by atoms with Gasteiger partial charge in [-0.3, -0.25) is 14.5 Å². The Morgan fingerprint density at radius 2 is 1.55 bits per heavy atom. The molecule has 0 aromatic heterocycles. The van der Waals surface area contributed by atoms with Crippen molar-refractivity contribution in [3.63, 3.8) is 0 Å². The van der Waals surface area contributed by atoms with Gasteiger partial charge >= 0.3 is 0 Å². The van der Waals surface area contributed by atoms with E-state index in [1.54, 1.807) is 48.5 Å². The van der Waals surface area contributed by atoms with Crippen molar-refractivity contribution in [1.82, 2.24) is 4.90 Å². The summed E-state index contributed by atoms with van der Waals surface area (Å²) >= 11 is 18.4. The van der Waals surface area contributed by atoms with Crippen LogP contribution >= 0.6 is 34.8 Å². The van der Waals surface area contributed by atoms with Crippen LogP contribution in [-0.2, 0) is 11.3 Å². The average Bonchev–Trinajstić information content (AvgIpc) is 2.82. The van der Waals surface area contributed by atoms with Gasteiger partial charge in [-0.05, 0) is 61.8 Å². The fraction of sp³-hybridized carbons (Fsp3) is 0.231. The molecule has 0 spiro atoms. The molecular weight excluding hydrogens is 479 g/mol. The lowest BCUT2D eigenvalue weighted by Gasteiger charge is -2.31. The summed E-state index contributed by atoms with van der Waals surface area (Å²) in [5, 5.41) is 4.68. The summed E-state index contributed by atoms with van der Waals surface area (Å²) < 4.78 is 0. The Morgan fingerprint density at radius 1 is 0.879 bits per heavy atom. The maximum absolute atomic E-state index is 13.0. The van der Waals surface area contributed by atoms with E-state index in [2.05, 4.69) is 10.2 Å². The molecule has 1 heterocycles. The van der Waals surface area contributed by atoms with Crippen LogP contribution in [0.3, 0.4) is 0 Å². The average molecular weight is 502 g/mol. The molecule has 4 rings (SSSR count). The second-order valence-electron chi connectivity index (χ2n) is 8.16. The first kappa shape index (κ1) is 23.8. The number of nitrogens with zero attached hydrogens (tertiary/aromatic N) is 1. The van der Waals surface area contributed by atoms with Gasteiger partial charge < -0.3 is 5.32 Å². The van der Waals surface area contributed by atoms with Crippen molar-refractivity contribution in [3.8, 4) is 0 Å². The topological polar surface area (TPSA) is 49.4 Å². The number of carbonyl (C=O) groups excluding carboxylic acids is 2. The van der Waals surface area contributed by atoms with E-state index in [1.807, 2.05) is 18.2 Å². The molecule has 1 saturated heterocycles. The number of nitrogens with one attached hydrogen (secondary N) is 1. The fourth-order valence-corrected chi connectivity index (χ4v) is 4.68. The van der Waals surface area contributed by atoms with Crippen LogP contribution in [0.4, 0.5) is 5.69 Å². The summed E-state index contributed by atoms with van der Waals surface area (Å²) in [6.07, 6.45) is 1.46. The third-order valence-corrected chi connectivity index (χ3v) is 6.71. The van der Waals surface area contributed by atoms with E-state index in [9.17, 15) is 9.59 Å². The van der Waals surface area contributed by atoms with Gasteiger partial charge in [0.25, 0.3) is 0 Å². The van der Waals surface area contributed by atoms with Crippen molar-refractivity contribution >= 4 is 52.2 Å². The normalized spacial score (nSPS) is 14.8. The molecule has 1 fully saturated rings. The number of carbonyl (C=O) groups is 2.